The van der Waals surface area contributed by atoms with Gasteiger partial charge in [-0.25, -0.2) is 8.78 Å². The van der Waals surface area contributed by atoms with Crippen molar-refractivity contribution in [3.8, 4) is 6.07 Å². The quantitative estimate of drug-likeness (QED) is 0.728. The Morgan fingerprint density at radius 3 is 3.00 bits per heavy atom. The van der Waals surface area contributed by atoms with Gasteiger partial charge in [0.1, 0.15) is 6.04 Å². The van der Waals surface area contributed by atoms with Crippen molar-refractivity contribution in [1.82, 2.24) is 15.2 Å². The summed E-state index contributed by atoms with van der Waals surface area (Å²) >= 11 is 0. The molecule has 0 saturated carbocycles. The molecule has 0 radical (unpaired) electrons. The summed E-state index contributed by atoms with van der Waals surface area (Å²) < 4.78 is 27.2. The highest BCUT2D eigenvalue weighted by molar-refractivity contribution is 6.00. The maximum Gasteiger partial charge on any atom is 0.268 e. The predicted molar refractivity (Wildman–Crippen MR) is 119 cm³/mol. The van der Waals surface area contributed by atoms with E-state index in [1.165, 1.54) is 17.8 Å². The Labute approximate surface area is 190 Å². The number of aromatic nitrogens is 1. The highest BCUT2D eigenvalue weighted by Gasteiger charge is 2.47. The first-order chi connectivity index (χ1) is 15.9. The molecule has 0 bridgehead atoms. The molecule has 1 saturated heterocycles. The Bertz CT molecular complexity index is 1140. The topological polar surface area (TPSA) is 98.1 Å². The number of nitriles is 1. The van der Waals surface area contributed by atoms with Gasteiger partial charge in [0.05, 0.1) is 19.2 Å². The second kappa shape index (κ2) is 9.36. The third-order valence-corrected chi connectivity index (χ3v) is 5.76. The zero-order chi connectivity index (χ0) is 23.4. The van der Waals surface area contributed by atoms with Crippen molar-refractivity contribution in [3.63, 3.8) is 0 Å². The number of likely N-dealkylation sites (tertiary alicyclic amines) is 1. The van der Waals surface area contributed by atoms with Gasteiger partial charge in [0, 0.05) is 42.2 Å². The maximum absolute atomic E-state index is 13.6. The second-order valence-electron chi connectivity index (χ2n) is 8.15. The zero-order valence-electron chi connectivity index (χ0n) is 17.9. The SMILES string of the molecule is N#C[C@@H]1CC(F)(F)CN1C(=O)CNC(=O)c1ccncc1/C=C/c1ccc2c(c1)CCCN2. The first kappa shape index (κ1) is 22.4. The van der Waals surface area contributed by atoms with E-state index in [4.69, 9.17) is 5.26 Å². The molecular weight excluding hydrogens is 428 g/mol. The molecule has 2 aliphatic rings. The van der Waals surface area contributed by atoms with E-state index in [9.17, 15) is 18.4 Å². The smallest absolute Gasteiger partial charge is 0.268 e. The number of rotatable bonds is 5. The van der Waals surface area contributed by atoms with E-state index in [1.54, 1.807) is 18.3 Å². The highest BCUT2D eigenvalue weighted by Crippen LogP contribution is 2.31. The molecule has 0 aliphatic carbocycles. The first-order valence-corrected chi connectivity index (χ1v) is 10.7. The van der Waals surface area contributed by atoms with Crippen LogP contribution in [0.4, 0.5) is 14.5 Å². The number of halogens is 2. The second-order valence-corrected chi connectivity index (χ2v) is 8.15. The number of alkyl halides is 2. The molecule has 1 fully saturated rings. The molecule has 7 nitrogen and oxygen atoms in total. The molecule has 2 aromatic rings. The summed E-state index contributed by atoms with van der Waals surface area (Å²) in [5.74, 6) is -4.35. The minimum absolute atomic E-state index is 0.303. The van der Waals surface area contributed by atoms with Gasteiger partial charge < -0.3 is 15.5 Å². The number of hydrogen-bond acceptors (Lipinski definition) is 5. The van der Waals surface area contributed by atoms with Gasteiger partial charge in [0.15, 0.2) is 0 Å². The van der Waals surface area contributed by atoms with E-state index in [1.807, 2.05) is 18.2 Å². The Balaban J connectivity index is 1.43. The Morgan fingerprint density at radius 1 is 1.33 bits per heavy atom. The lowest BCUT2D eigenvalue weighted by molar-refractivity contribution is -0.131. The van der Waals surface area contributed by atoms with E-state index >= 15 is 0 Å². The molecule has 2 N–H and O–H groups in total. The van der Waals surface area contributed by atoms with E-state index in [2.05, 4.69) is 21.7 Å². The number of hydrogen-bond donors (Lipinski definition) is 2. The molecule has 33 heavy (non-hydrogen) atoms. The van der Waals surface area contributed by atoms with Crippen LogP contribution in [-0.4, -0.2) is 53.3 Å². The average molecular weight is 451 g/mol. The van der Waals surface area contributed by atoms with Crippen molar-refractivity contribution >= 4 is 29.7 Å². The summed E-state index contributed by atoms with van der Waals surface area (Å²) in [7, 11) is 0. The van der Waals surface area contributed by atoms with E-state index < -0.39 is 43.3 Å². The fourth-order valence-electron chi connectivity index (χ4n) is 4.08. The molecule has 4 rings (SSSR count). The van der Waals surface area contributed by atoms with Crippen molar-refractivity contribution in [3.05, 3.63) is 58.9 Å². The number of anilines is 1. The maximum atomic E-state index is 13.6. The summed E-state index contributed by atoms with van der Waals surface area (Å²) in [6.45, 7) is -0.327. The van der Waals surface area contributed by atoms with Gasteiger partial charge in [0.25, 0.3) is 11.8 Å². The van der Waals surface area contributed by atoms with Gasteiger partial charge in [-0.05, 0) is 42.2 Å². The van der Waals surface area contributed by atoms with Crippen LogP contribution in [-0.2, 0) is 11.2 Å². The van der Waals surface area contributed by atoms with E-state index in [0.29, 0.717) is 11.1 Å². The van der Waals surface area contributed by atoms with Gasteiger partial charge in [-0.15, -0.1) is 0 Å². The number of nitrogens with one attached hydrogen (secondary N) is 2. The van der Waals surface area contributed by atoms with Crippen LogP contribution >= 0.6 is 0 Å². The average Bonchev–Trinajstić information content (AvgIpc) is 3.15. The normalized spacial score (nSPS) is 18.9. The Morgan fingerprint density at radius 2 is 2.18 bits per heavy atom. The summed E-state index contributed by atoms with van der Waals surface area (Å²) in [5, 5.41) is 14.9. The number of carbonyl (C=O) groups excluding carboxylic acids is 2. The van der Waals surface area contributed by atoms with Crippen LogP contribution < -0.4 is 10.6 Å². The summed E-state index contributed by atoms with van der Waals surface area (Å²) in [6.07, 6.45) is 8.06. The van der Waals surface area contributed by atoms with Crippen LogP contribution in [0.15, 0.2) is 36.7 Å². The summed E-state index contributed by atoms with van der Waals surface area (Å²) in [5.41, 5.74) is 4.23. The molecule has 1 aromatic heterocycles. The van der Waals surface area contributed by atoms with Gasteiger partial charge in [-0.2, -0.15) is 5.26 Å². The van der Waals surface area contributed by atoms with Crippen molar-refractivity contribution < 1.29 is 18.4 Å². The molecule has 0 spiro atoms. The number of nitrogens with zero attached hydrogens (tertiary/aromatic N) is 3. The highest BCUT2D eigenvalue weighted by atomic mass is 19.3. The number of aryl methyl sites for hydroxylation is 1. The van der Waals surface area contributed by atoms with Crippen LogP contribution in [0.1, 0.15) is 39.9 Å². The Kier molecular flexibility index (Phi) is 6.36. The zero-order valence-corrected chi connectivity index (χ0v) is 17.9. The third-order valence-electron chi connectivity index (χ3n) is 5.76. The van der Waals surface area contributed by atoms with Crippen LogP contribution in [0.25, 0.3) is 12.2 Å². The van der Waals surface area contributed by atoms with Crippen molar-refractivity contribution in [2.75, 3.05) is 25.0 Å². The van der Waals surface area contributed by atoms with Crippen molar-refractivity contribution in [2.24, 2.45) is 0 Å². The van der Waals surface area contributed by atoms with Crippen LogP contribution in [0.3, 0.4) is 0 Å². The van der Waals surface area contributed by atoms with E-state index in [0.717, 1.165) is 35.5 Å². The largest absolute Gasteiger partial charge is 0.385 e. The molecular formula is C24H23F2N5O2. The third kappa shape index (κ3) is 5.17. The lowest BCUT2D eigenvalue weighted by atomic mass is 10.00. The van der Waals surface area contributed by atoms with Gasteiger partial charge >= 0.3 is 0 Å². The Hall–Kier alpha value is -3.80. The molecule has 2 amide bonds. The molecule has 0 unspecified atom stereocenters. The van der Waals surface area contributed by atoms with E-state index in [-0.39, 0.29) is 0 Å². The van der Waals surface area contributed by atoms with Gasteiger partial charge in [-0.1, -0.05) is 18.2 Å². The summed E-state index contributed by atoms with van der Waals surface area (Å²) in [6, 6.07) is 8.17. The molecule has 1 aromatic carbocycles. The number of amides is 2. The monoisotopic (exact) mass is 451 g/mol. The molecule has 2 aliphatic heterocycles. The van der Waals surface area contributed by atoms with Crippen molar-refractivity contribution in [2.45, 2.75) is 31.2 Å². The van der Waals surface area contributed by atoms with Crippen LogP contribution in [0.5, 0.6) is 0 Å². The number of pyridine rings is 1. The fourth-order valence-corrected chi connectivity index (χ4v) is 4.08. The predicted octanol–water partition coefficient (Wildman–Crippen LogP) is 3.10. The number of carbonyl (C=O) groups is 2. The fraction of sp³-hybridized carbons (Fsp3) is 0.333. The summed E-state index contributed by atoms with van der Waals surface area (Å²) in [4.78, 5) is 29.9. The minimum atomic E-state index is -3.10. The molecule has 1 atom stereocenters. The van der Waals surface area contributed by atoms with Gasteiger partial charge in [0.2, 0.25) is 5.91 Å². The molecule has 170 valence electrons. The molecule has 3 heterocycles. The first-order valence-electron chi connectivity index (χ1n) is 10.7. The number of benzene rings is 1. The van der Waals surface area contributed by atoms with Crippen LogP contribution in [0, 0.1) is 11.3 Å². The van der Waals surface area contributed by atoms with Crippen LogP contribution in [0.2, 0.25) is 0 Å². The minimum Gasteiger partial charge on any atom is -0.385 e. The molecule has 9 heteroatoms. The van der Waals surface area contributed by atoms with Crippen molar-refractivity contribution in [1.29, 1.82) is 5.26 Å². The number of fused-ring (bicyclic) bond motifs is 1. The van der Waals surface area contributed by atoms with Gasteiger partial charge in [-0.3, -0.25) is 14.6 Å². The standard InChI is InChI=1S/C24H23F2N5O2/c25-24(26)11-19(12-27)31(15-24)22(32)14-30-23(33)20-7-9-28-13-18(20)5-3-16-4-6-21-17(10-16)2-1-8-29-21/h3-7,9-10,13,19,29H,1-2,8,11,14-15H2,(H,30,33)/b5-3+/t19-/m0/s1. The lowest BCUT2D eigenvalue weighted by Crippen LogP contribution is -2.43. The lowest BCUT2D eigenvalue weighted by Gasteiger charge is -2.19.